The van der Waals surface area contributed by atoms with Gasteiger partial charge in [-0.1, -0.05) is 12.8 Å². The first-order valence-corrected chi connectivity index (χ1v) is 9.36. The first-order valence-electron chi connectivity index (χ1n) is 6.65. The smallest absolute Gasteiger partial charge is 0.246 e. The average molecular weight is 318 g/mol. The summed E-state index contributed by atoms with van der Waals surface area (Å²) in [5.41, 5.74) is 6.28. The van der Waals surface area contributed by atoms with Crippen LogP contribution in [0, 0.1) is 6.92 Å². The second-order valence-electron chi connectivity index (χ2n) is 5.34. The number of aryl methyl sites for hydroxylation is 1. The first kappa shape index (κ1) is 15.7. The molecule has 1 aliphatic carbocycles. The van der Waals surface area contributed by atoms with Gasteiger partial charge in [0.15, 0.2) is 5.82 Å². The summed E-state index contributed by atoms with van der Waals surface area (Å²) in [6.07, 6.45) is 6.48. The van der Waals surface area contributed by atoms with Gasteiger partial charge in [0.25, 0.3) is 0 Å². The van der Waals surface area contributed by atoms with E-state index in [1.165, 1.54) is 4.68 Å². The van der Waals surface area contributed by atoms with Crippen LogP contribution >= 0.6 is 11.8 Å². The number of nitrogens with two attached hydrogens (primary N) is 1. The Kier molecular flexibility index (Phi) is 4.36. The van der Waals surface area contributed by atoms with Crippen molar-refractivity contribution < 1.29 is 8.42 Å². The molecule has 0 saturated heterocycles. The number of hydrogen-bond acceptors (Lipinski definition) is 5. The van der Waals surface area contributed by atoms with Crippen LogP contribution in [0.15, 0.2) is 4.90 Å². The maximum absolute atomic E-state index is 12.4. The Morgan fingerprint density at radius 2 is 2.05 bits per heavy atom. The van der Waals surface area contributed by atoms with Gasteiger partial charge in [0.05, 0.1) is 5.69 Å². The van der Waals surface area contributed by atoms with E-state index in [2.05, 4.69) is 9.82 Å². The summed E-state index contributed by atoms with van der Waals surface area (Å²) in [4.78, 5) is 0.106. The number of thioether (sulfide) groups is 1. The zero-order valence-electron chi connectivity index (χ0n) is 12.1. The number of anilines is 1. The standard InChI is InChI=1S/C12H22N4O2S2/c1-9-10(11(13)15-16(9)2)20(17,18)14-8-12(19-3)6-4-5-7-12/h14H,4-8H2,1-3H3,(H2,13,15). The van der Waals surface area contributed by atoms with Crippen LogP contribution in [0.3, 0.4) is 0 Å². The number of nitrogens with zero attached hydrogens (tertiary/aromatic N) is 2. The maximum Gasteiger partial charge on any atom is 0.246 e. The lowest BCUT2D eigenvalue weighted by Crippen LogP contribution is -2.38. The summed E-state index contributed by atoms with van der Waals surface area (Å²) in [5.74, 6) is 0.0575. The van der Waals surface area contributed by atoms with Crippen molar-refractivity contribution >= 4 is 27.6 Å². The van der Waals surface area contributed by atoms with Crippen molar-refractivity contribution in [3.8, 4) is 0 Å². The largest absolute Gasteiger partial charge is 0.381 e. The van der Waals surface area contributed by atoms with E-state index in [1.54, 1.807) is 25.7 Å². The molecule has 114 valence electrons. The van der Waals surface area contributed by atoms with Gasteiger partial charge < -0.3 is 5.73 Å². The molecular weight excluding hydrogens is 296 g/mol. The van der Waals surface area contributed by atoms with Crippen molar-refractivity contribution in [3.05, 3.63) is 5.69 Å². The molecule has 0 spiro atoms. The zero-order chi connectivity index (χ0) is 15.0. The number of nitrogen functional groups attached to an aromatic ring is 1. The zero-order valence-corrected chi connectivity index (χ0v) is 13.8. The van der Waals surface area contributed by atoms with Gasteiger partial charge in [-0.05, 0) is 26.0 Å². The third-order valence-electron chi connectivity index (χ3n) is 4.11. The molecule has 8 heteroatoms. The van der Waals surface area contributed by atoms with Crippen molar-refractivity contribution in [3.63, 3.8) is 0 Å². The molecule has 0 atom stereocenters. The highest BCUT2D eigenvalue weighted by Gasteiger charge is 2.35. The van der Waals surface area contributed by atoms with Gasteiger partial charge in [-0.25, -0.2) is 13.1 Å². The van der Waals surface area contributed by atoms with Crippen LogP contribution in [-0.4, -0.2) is 35.7 Å². The van der Waals surface area contributed by atoms with E-state index in [1.807, 2.05) is 6.26 Å². The van der Waals surface area contributed by atoms with Gasteiger partial charge in [-0.3, -0.25) is 4.68 Å². The fraction of sp³-hybridized carbons (Fsp3) is 0.750. The molecule has 2 rings (SSSR count). The van der Waals surface area contributed by atoms with Gasteiger partial charge in [0.1, 0.15) is 4.90 Å². The Balaban J connectivity index is 2.19. The molecule has 6 nitrogen and oxygen atoms in total. The van der Waals surface area contributed by atoms with E-state index < -0.39 is 10.0 Å². The lowest BCUT2D eigenvalue weighted by molar-refractivity contribution is 0.550. The van der Waals surface area contributed by atoms with Crippen LogP contribution in [0.2, 0.25) is 0 Å². The molecule has 1 heterocycles. The lowest BCUT2D eigenvalue weighted by Gasteiger charge is -2.26. The summed E-state index contributed by atoms with van der Waals surface area (Å²) in [6.45, 7) is 2.15. The molecule has 20 heavy (non-hydrogen) atoms. The molecule has 1 aromatic heterocycles. The monoisotopic (exact) mass is 318 g/mol. The molecule has 0 amide bonds. The second kappa shape index (κ2) is 5.57. The Hall–Kier alpha value is -0.730. The van der Waals surface area contributed by atoms with Crippen LogP contribution in [0.25, 0.3) is 0 Å². The highest BCUT2D eigenvalue weighted by molar-refractivity contribution is 8.00. The topological polar surface area (TPSA) is 90.0 Å². The van der Waals surface area contributed by atoms with Gasteiger partial charge >= 0.3 is 0 Å². The van der Waals surface area contributed by atoms with Crippen LogP contribution in [0.4, 0.5) is 5.82 Å². The molecule has 0 radical (unpaired) electrons. The Bertz CT molecular complexity index is 589. The molecule has 1 aromatic rings. The molecule has 3 N–H and O–H groups in total. The highest BCUT2D eigenvalue weighted by Crippen LogP contribution is 2.40. The molecule has 0 aromatic carbocycles. The number of sulfonamides is 1. The first-order chi connectivity index (χ1) is 9.31. The Labute approximate surface area is 124 Å². The molecule has 1 saturated carbocycles. The minimum Gasteiger partial charge on any atom is -0.381 e. The van der Waals surface area contributed by atoms with Crippen LogP contribution < -0.4 is 10.5 Å². The molecule has 0 bridgehead atoms. The summed E-state index contributed by atoms with van der Waals surface area (Å²) in [5, 5.41) is 3.96. The van der Waals surface area contributed by atoms with Gasteiger partial charge in [0.2, 0.25) is 10.0 Å². The minimum atomic E-state index is -3.61. The summed E-state index contributed by atoms with van der Waals surface area (Å²) in [7, 11) is -1.92. The van der Waals surface area contributed by atoms with Crippen molar-refractivity contribution in [2.45, 2.75) is 42.2 Å². The van der Waals surface area contributed by atoms with Crippen LogP contribution in [0.5, 0.6) is 0 Å². The van der Waals surface area contributed by atoms with E-state index >= 15 is 0 Å². The normalized spacial score (nSPS) is 18.6. The van der Waals surface area contributed by atoms with Gasteiger partial charge in [-0.15, -0.1) is 0 Å². The molecular formula is C12H22N4O2S2. The third-order valence-corrected chi connectivity index (χ3v) is 7.09. The predicted octanol–water partition coefficient (Wildman–Crippen LogP) is 1.26. The number of nitrogens with one attached hydrogen (secondary N) is 1. The van der Waals surface area contributed by atoms with Crippen LogP contribution in [-0.2, 0) is 17.1 Å². The Morgan fingerprint density at radius 1 is 1.45 bits per heavy atom. The predicted molar refractivity (Wildman–Crippen MR) is 82.3 cm³/mol. The van der Waals surface area contributed by atoms with E-state index in [-0.39, 0.29) is 15.5 Å². The van der Waals surface area contributed by atoms with Crippen molar-refractivity contribution in [1.82, 2.24) is 14.5 Å². The minimum absolute atomic E-state index is 0.0257. The number of aromatic nitrogens is 2. The Morgan fingerprint density at radius 3 is 2.50 bits per heavy atom. The van der Waals surface area contributed by atoms with Crippen molar-refractivity contribution in [2.75, 3.05) is 18.5 Å². The van der Waals surface area contributed by atoms with Gasteiger partial charge in [-0.2, -0.15) is 16.9 Å². The quantitative estimate of drug-likeness (QED) is 0.853. The average Bonchev–Trinajstić information content (AvgIpc) is 2.94. The van der Waals surface area contributed by atoms with Crippen molar-refractivity contribution in [2.24, 2.45) is 7.05 Å². The fourth-order valence-electron chi connectivity index (χ4n) is 2.72. The van der Waals surface area contributed by atoms with E-state index in [4.69, 9.17) is 5.73 Å². The maximum atomic E-state index is 12.4. The summed E-state index contributed by atoms with van der Waals surface area (Å²) >= 11 is 1.75. The van der Waals surface area contributed by atoms with E-state index in [0.717, 1.165) is 25.7 Å². The van der Waals surface area contributed by atoms with E-state index in [9.17, 15) is 8.42 Å². The molecule has 0 unspecified atom stereocenters. The third kappa shape index (κ3) is 2.82. The molecule has 1 aliphatic rings. The number of rotatable bonds is 5. The van der Waals surface area contributed by atoms with Crippen molar-refractivity contribution in [1.29, 1.82) is 0 Å². The second-order valence-corrected chi connectivity index (χ2v) is 8.32. The lowest BCUT2D eigenvalue weighted by atomic mass is 10.1. The molecule has 1 fully saturated rings. The summed E-state index contributed by atoms with van der Waals surface area (Å²) in [6, 6.07) is 0. The fourth-order valence-corrected chi connectivity index (χ4v) is 5.17. The van der Waals surface area contributed by atoms with Crippen LogP contribution in [0.1, 0.15) is 31.4 Å². The van der Waals surface area contributed by atoms with E-state index in [0.29, 0.717) is 12.2 Å². The highest BCUT2D eigenvalue weighted by atomic mass is 32.2. The molecule has 0 aliphatic heterocycles. The SMILES string of the molecule is CSC1(CNS(=O)(=O)c2c(N)nn(C)c2C)CCCC1. The summed E-state index contributed by atoms with van der Waals surface area (Å²) < 4.78 is 29.1. The van der Waals surface area contributed by atoms with Gasteiger partial charge in [0, 0.05) is 18.3 Å². The number of hydrogen-bond donors (Lipinski definition) is 2.